The Kier molecular flexibility index (Phi) is 8.88. The van der Waals surface area contributed by atoms with Gasteiger partial charge in [-0.15, -0.1) is 0 Å². The summed E-state index contributed by atoms with van der Waals surface area (Å²) in [6, 6.07) is 5.85. The first-order valence-corrected chi connectivity index (χ1v) is 10.5. The molecule has 0 bridgehead atoms. The highest BCUT2D eigenvalue weighted by Gasteiger charge is 2.38. The summed E-state index contributed by atoms with van der Waals surface area (Å²) >= 11 is 0. The third-order valence-corrected chi connectivity index (χ3v) is 5.51. The van der Waals surface area contributed by atoms with E-state index in [4.69, 9.17) is 9.90 Å². The zero-order valence-electron chi connectivity index (χ0n) is 18.5. The predicted octanol–water partition coefficient (Wildman–Crippen LogP) is 2.86. The largest absolute Gasteiger partial charge is 0.490 e. The van der Waals surface area contributed by atoms with Gasteiger partial charge in [0, 0.05) is 32.5 Å². The van der Waals surface area contributed by atoms with E-state index in [-0.39, 0.29) is 5.91 Å². The molecule has 1 aliphatic heterocycles. The molecule has 2 aromatic heterocycles. The molecule has 0 aromatic carbocycles. The lowest BCUT2D eigenvalue weighted by molar-refractivity contribution is -0.192. The number of aliphatic carboxylic acids is 1. The molecule has 8 nitrogen and oxygen atoms in total. The molecule has 0 saturated carbocycles. The first-order chi connectivity index (χ1) is 15.1. The van der Waals surface area contributed by atoms with Gasteiger partial charge in [0.2, 0.25) is 0 Å². The van der Waals surface area contributed by atoms with E-state index in [2.05, 4.69) is 28.5 Å². The summed E-state index contributed by atoms with van der Waals surface area (Å²) in [4.78, 5) is 26.4. The van der Waals surface area contributed by atoms with Crippen LogP contribution < -0.4 is 0 Å². The molecule has 1 atom stereocenters. The number of hydrogen-bond donors (Lipinski definition) is 1. The van der Waals surface area contributed by atoms with Gasteiger partial charge in [0.05, 0.1) is 12.2 Å². The van der Waals surface area contributed by atoms with E-state index < -0.39 is 12.1 Å². The second kappa shape index (κ2) is 11.2. The van der Waals surface area contributed by atoms with Gasteiger partial charge in [-0.3, -0.25) is 9.48 Å². The summed E-state index contributed by atoms with van der Waals surface area (Å²) in [7, 11) is 1.92. The fourth-order valence-electron chi connectivity index (χ4n) is 3.62. The minimum Gasteiger partial charge on any atom is -0.475 e. The summed E-state index contributed by atoms with van der Waals surface area (Å²) < 4.78 is 35.7. The van der Waals surface area contributed by atoms with Crippen molar-refractivity contribution in [2.24, 2.45) is 13.0 Å². The summed E-state index contributed by atoms with van der Waals surface area (Å²) in [5.41, 5.74) is 1.86. The second-order valence-corrected chi connectivity index (χ2v) is 7.68. The predicted molar refractivity (Wildman–Crippen MR) is 112 cm³/mol. The number of fused-ring (bicyclic) bond motifs is 1. The molecular formula is C21H30F3N5O3. The number of aryl methyl sites for hydroxylation is 1. The Bertz CT molecular complexity index is 889. The molecule has 0 saturated heterocycles. The van der Waals surface area contributed by atoms with Gasteiger partial charge in [-0.2, -0.15) is 18.3 Å². The van der Waals surface area contributed by atoms with Crippen molar-refractivity contribution >= 4 is 11.9 Å². The Morgan fingerprint density at radius 2 is 1.88 bits per heavy atom. The van der Waals surface area contributed by atoms with Crippen molar-refractivity contribution in [1.82, 2.24) is 24.1 Å². The van der Waals surface area contributed by atoms with Crippen LogP contribution in [-0.4, -0.2) is 73.5 Å². The van der Waals surface area contributed by atoms with Crippen molar-refractivity contribution < 1.29 is 27.9 Å². The van der Waals surface area contributed by atoms with Gasteiger partial charge in [-0.25, -0.2) is 4.79 Å². The highest BCUT2D eigenvalue weighted by Crippen LogP contribution is 2.21. The maximum Gasteiger partial charge on any atom is 0.490 e. The highest BCUT2D eigenvalue weighted by atomic mass is 19.4. The van der Waals surface area contributed by atoms with Crippen LogP contribution in [0.4, 0.5) is 13.2 Å². The van der Waals surface area contributed by atoms with E-state index in [1.54, 1.807) is 0 Å². The second-order valence-electron chi connectivity index (χ2n) is 7.68. The molecule has 2 aromatic rings. The monoisotopic (exact) mass is 457 g/mol. The van der Waals surface area contributed by atoms with E-state index in [1.165, 1.54) is 0 Å². The number of carbonyl (C=O) groups excluding carboxylic acids is 1. The maximum atomic E-state index is 13.0. The molecule has 32 heavy (non-hydrogen) atoms. The van der Waals surface area contributed by atoms with Crippen molar-refractivity contribution in [1.29, 1.82) is 0 Å². The Labute approximate surface area is 185 Å². The molecule has 3 rings (SSSR count). The first-order valence-electron chi connectivity index (χ1n) is 10.5. The van der Waals surface area contributed by atoms with Crippen LogP contribution in [0, 0.1) is 5.92 Å². The van der Waals surface area contributed by atoms with Gasteiger partial charge in [0.1, 0.15) is 5.69 Å². The topological polar surface area (TPSA) is 83.6 Å². The molecule has 0 aliphatic carbocycles. The number of alkyl halides is 3. The number of hydrogen-bond acceptors (Lipinski definition) is 4. The number of carboxylic acids is 1. The van der Waals surface area contributed by atoms with Gasteiger partial charge >= 0.3 is 12.1 Å². The van der Waals surface area contributed by atoms with E-state index in [1.807, 2.05) is 47.1 Å². The average Bonchev–Trinajstić information content (AvgIpc) is 3.32. The van der Waals surface area contributed by atoms with Crippen molar-refractivity contribution in [3.63, 3.8) is 0 Å². The fourth-order valence-corrected chi connectivity index (χ4v) is 3.62. The Morgan fingerprint density at radius 3 is 2.41 bits per heavy atom. The van der Waals surface area contributed by atoms with Crippen LogP contribution in [0.25, 0.3) is 0 Å². The van der Waals surface area contributed by atoms with Crippen LogP contribution in [0.2, 0.25) is 0 Å². The number of aromatic nitrogens is 3. The SMILES string of the molecule is CCN(CC)CCC1CN(C(=O)c2cccn2C)Cc2ccnn2C1.O=C(O)C(F)(F)F. The summed E-state index contributed by atoms with van der Waals surface area (Å²) in [5, 5.41) is 11.6. The number of rotatable bonds is 6. The zero-order valence-corrected chi connectivity index (χ0v) is 18.5. The smallest absolute Gasteiger partial charge is 0.475 e. The Morgan fingerprint density at radius 1 is 1.22 bits per heavy atom. The number of carboxylic acid groups (broad SMARTS) is 1. The van der Waals surface area contributed by atoms with Crippen LogP contribution in [-0.2, 0) is 24.9 Å². The number of amides is 1. The van der Waals surface area contributed by atoms with E-state index >= 15 is 0 Å². The van der Waals surface area contributed by atoms with Crippen molar-refractivity contribution in [3.05, 3.63) is 42.0 Å². The molecule has 0 radical (unpaired) electrons. The molecule has 178 valence electrons. The zero-order chi connectivity index (χ0) is 23.9. The van der Waals surface area contributed by atoms with Crippen LogP contribution >= 0.6 is 0 Å². The third kappa shape index (κ3) is 6.84. The van der Waals surface area contributed by atoms with E-state index in [9.17, 15) is 18.0 Å². The molecule has 1 amide bonds. The standard InChI is InChI=1S/C19H29N5O.C2HF3O2/c1-4-22(5-2)12-9-16-13-23(15-17-8-10-20-24(17)14-16)19(25)18-7-6-11-21(18)3;3-2(4,5)1(6)7/h6-8,10-11,16H,4-5,9,12-15H2,1-3H3;(H,6,7). The van der Waals surface area contributed by atoms with Crippen molar-refractivity contribution in [3.8, 4) is 0 Å². The normalized spacial score (nSPS) is 16.2. The van der Waals surface area contributed by atoms with E-state index in [0.29, 0.717) is 12.5 Å². The lowest BCUT2D eigenvalue weighted by Gasteiger charge is -2.26. The molecule has 3 heterocycles. The molecule has 1 N–H and O–H groups in total. The van der Waals surface area contributed by atoms with Crippen molar-refractivity contribution in [2.45, 2.75) is 39.5 Å². The quantitative estimate of drug-likeness (QED) is 0.721. The number of halogens is 3. The van der Waals surface area contributed by atoms with E-state index in [0.717, 1.165) is 50.5 Å². The summed E-state index contributed by atoms with van der Waals surface area (Å²) in [6.07, 6.45) is -0.238. The molecule has 1 unspecified atom stereocenters. The summed E-state index contributed by atoms with van der Waals surface area (Å²) in [6.45, 7) is 9.92. The molecular weight excluding hydrogens is 427 g/mol. The highest BCUT2D eigenvalue weighted by molar-refractivity contribution is 5.92. The molecule has 11 heteroatoms. The molecule has 1 aliphatic rings. The van der Waals surface area contributed by atoms with Crippen LogP contribution in [0.5, 0.6) is 0 Å². The minimum atomic E-state index is -5.08. The lowest BCUT2D eigenvalue weighted by Crippen LogP contribution is -2.36. The summed E-state index contributed by atoms with van der Waals surface area (Å²) in [5.74, 6) is -2.23. The minimum absolute atomic E-state index is 0.106. The average molecular weight is 457 g/mol. The number of nitrogens with zero attached hydrogens (tertiary/aromatic N) is 5. The van der Waals surface area contributed by atoms with Crippen LogP contribution in [0.1, 0.15) is 36.5 Å². The van der Waals surface area contributed by atoms with Gasteiger partial charge in [-0.05, 0) is 50.2 Å². The van der Waals surface area contributed by atoms with Gasteiger partial charge in [0.15, 0.2) is 0 Å². The van der Waals surface area contributed by atoms with Gasteiger partial charge < -0.3 is 19.5 Å². The van der Waals surface area contributed by atoms with Crippen molar-refractivity contribution in [2.75, 3.05) is 26.2 Å². The Hall–Kier alpha value is -2.82. The van der Waals surface area contributed by atoms with Crippen LogP contribution in [0.3, 0.4) is 0 Å². The first kappa shape index (κ1) is 25.4. The van der Waals surface area contributed by atoms with Crippen LogP contribution in [0.15, 0.2) is 30.6 Å². The lowest BCUT2D eigenvalue weighted by atomic mass is 10.0. The Balaban J connectivity index is 0.000000451. The van der Waals surface area contributed by atoms with Gasteiger partial charge in [-0.1, -0.05) is 13.8 Å². The third-order valence-electron chi connectivity index (χ3n) is 5.51. The fraction of sp³-hybridized carbons (Fsp3) is 0.571. The molecule has 0 fully saturated rings. The maximum absolute atomic E-state index is 13.0. The van der Waals surface area contributed by atoms with Gasteiger partial charge in [0.25, 0.3) is 5.91 Å². The molecule has 0 spiro atoms. The number of carbonyl (C=O) groups is 2.